The van der Waals surface area contributed by atoms with Gasteiger partial charge in [0.05, 0.1) is 0 Å². The fourth-order valence-corrected chi connectivity index (χ4v) is 3.66. The molecule has 2 aliphatic heterocycles. The zero-order chi connectivity index (χ0) is 21.5. The molecule has 2 amide bonds. The maximum absolute atomic E-state index is 11.8. The van der Waals surface area contributed by atoms with Crippen LogP contribution in [0, 0.1) is 11.8 Å². The summed E-state index contributed by atoms with van der Waals surface area (Å²) in [7, 11) is 0. The van der Waals surface area contributed by atoms with Gasteiger partial charge in [0, 0.05) is 62.2 Å². The van der Waals surface area contributed by atoms with Gasteiger partial charge in [-0.1, -0.05) is 41.5 Å². The molecule has 0 aromatic rings. The summed E-state index contributed by atoms with van der Waals surface area (Å²) in [5.41, 5.74) is 0.322. The van der Waals surface area contributed by atoms with E-state index < -0.39 is 0 Å². The van der Waals surface area contributed by atoms with E-state index in [2.05, 4.69) is 24.5 Å². The molecule has 1 saturated carbocycles. The Labute approximate surface area is 172 Å². The van der Waals surface area contributed by atoms with Crippen LogP contribution in [0.5, 0.6) is 0 Å². The maximum atomic E-state index is 11.8. The number of carbonyl (C=O) groups excluding carboxylic acids is 2. The fourth-order valence-electron chi connectivity index (χ4n) is 3.66. The molecule has 28 heavy (non-hydrogen) atoms. The van der Waals surface area contributed by atoms with Crippen LogP contribution in [0.25, 0.3) is 0 Å². The molecule has 0 aromatic carbocycles. The Kier molecular flexibility index (Phi) is 9.91. The van der Waals surface area contributed by atoms with Crippen LogP contribution in [0.2, 0.25) is 0 Å². The van der Waals surface area contributed by atoms with Crippen LogP contribution in [0.4, 0.5) is 0 Å². The van der Waals surface area contributed by atoms with Crippen molar-refractivity contribution in [1.29, 1.82) is 0 Å². The van der Waals surface area contributed by atoms with Crippen molar-refractivity contribution in [3.05, 3.63) is 0 Å². The lowest BCUT2D eigenvalue weighted by molar-refractivity contribution is -0.138. The summed E-state index contributed by atoms with van der Waals surface area (Å²) in [6, 6.07) is 0.769. The summed E-state index contributed by atoms with van der Waals surface area (Å²) in [5, 5.41) is 6.86. The Morgan fingerprint density at radius 1 is 1.00 bits per heavy atom. The minimum atomic E-state index is 0.118. The molecule has 2 heterocycles. The molecule has 0 bridgehead atoms. The van der Waals surface area contributed by atoms with E-state index in [1.54, 1.807) is 0 Å². The van der Waals surface area contributed by atoms with Gasteiger partial charge in [-0.2, -0.15) is 0 Å². The van der Waals surface area contributed by atoms with Gasteiger partial charge < -0.3 is 20.4 Å². The first-order valence-electron chi connectivity index (χ1n) is 11.2. The van der Waals surface area contributed by atoms with Gasteiger partial charge in [0.1, 0.15) is 0 Å². The zero-order valence-electron chi connectivity index (χ0n) is 19.5. The molecule has 6 nitrogen and oxygen atoms in total. The first kappa shape index (κ1) is 24.9. The van der Waals surface area contributed by atoms with Gasteiger partial charge in [-0.05, 0) is 26.7 Å². The Bertz CT molecular complexity index is 503. The smallest absolute Gasteiger partial charge is 0.225 e. The van der Waals surface area contributed by atoms with E-state index in [9.17, 15) is 9.59 Å². The highest BCUT2D eigenvalue weighted by Crippen LogP contribution is 2.37. The molecule has 2 saturated heterocycles. The maximum Gasteiger partial charge on any atom is 0.225 e. The summed E-state index contributed by atoms with van der Waals surface area (Å²) in [6.07, 6.45) is 2.49. The Hall–Kier alpha value is -1.14. The molecule has 3 fully saturated rings. The number of nitrogens with zero attached hydrogens (tertiary/aromatic N) is 2. The Morgan fingerprint density at radius 2 is 1.57 bits per heavy atom. The van der Waals surface area contributed by atoms with Crippen molar-refractivity contribution in [2.75, 3.05) is 32.7 Å². The van der Waals surface area contributed by atoms with Crippen molar-refractivity contribution >= 4 is 11.8 Å². The average Bonchev–Trinajstić information content (AvgIpc) is 3.42. The third kappa shape index (κ3) is 7.03. The third-order valence-corrected chi connectivity index (χ3v) is 5.58. The van der Waals surface area contributed by atoms with Crippen LogP contribution in [0.15, 0.2) is 0 Å². The first-order chi connectivity index (χ1) is 13.1. The van der Waals surface area contributed by atoms with Crippen molar-refractivity contribution in [2.24, 2.45) is 11.8 Å². The zero-order valence-corrected chi connectivity index (χ0v) is 19.5. The molecule has 2 atom stereocenters. The standard InChI is InChI=1S/C10H18N2O.C10H20N2O.C2H6/c1-8(2)9(13)12-6-5-11-10(7-12)3-4-10;1-7(2)10(13)12-6-8(3)11-5-9(12)4;1-2/h8,11H,3-7H2,1-2H3;7-9,11H,5-6H2,1-4H3;1-2H3. The van der Waals surface area contributed by atoms with E-state index in [4.69, 9.17) is 0 Å². The lowest BCUT2D eigenvalue weighted by atomic mass is 10.1. The summed E-state index contributed by atoms with van der Waals surface area (Å²) < 4.78 is 0. The van der Waals surface area contributed by atoms with Gasteiger partial charge in [0.15, 0.2) is 0 Å². The van der Waals surface area contributed by atoms with Gasteiger partial charge in [-0.15, -0.1) is 0 Å². The van der Waals surface area contributed by atoms with Crippen LogP contribution >= 0.6 is 0 Å². The molecular weight excluding hydrogens is 352 g/mol. The summed E-state index contributed by atoms with van der Waals surface area (Å²) >= 11 is 0. The van der Waals surface area contributed by atoms with Crippen molar-refractivity contribution in [3.63, 3.8) is 0 Å². The van der Waals surface area contributed by atoms with E-state index in [1.165, 1.54) is 12.8 Å². The van der Waals surface area contributed by atoms with Crippen LogP contribution < -0.4 is 10.6 Å². The Morgan fingerprint density at radius 3 is 2.07 bits per heavy atom. The summed E-state index contributed by atoms with van der Waals surface area (Å²) in [5.74, 6) is 0.857. The molecule has 1 aliphatic carbocycles. The van der Waals surface area contributed by atoms with Gasteiger partial charge in [-0.3, -0.25) is 9.59 Å². The van der Waals surface area contributed by atoms with Crippen molar-refractivity contribution in [2.45, 2.75) is 85.9 Å². The van der Waals surface area contributed by atoms with Gasteiger partial charge in [0.25, 0.3) is 0 Å². The second-order valence-corrected chi connectivity index (χ2v) is 8.93. The van der Waals surface area contributed by atoms with Gasteiger partial charge in [-0.25, -0.2) is 0 Å². The lowest BCUT2D eigenvalue weighted by Gasteiger charge is -2.38. The van der Waals surface area contributed by atoms with E-state index in [0.29, 0.717) is 23.5 Å². The molecule has 2 N–H and O–H groups in total. The SMILES string of the molecule is CC.CC(C)C(=O)N1CCNC2(CC2)C1.CC1CN(C(=O)C(C)C)C(C)CN1. The highest BCUT2D eigenvalue weighted by molar-refractivity contribution is 5.79. The monoisotopic (exact) mass is 396 g/mol. The molecule has 2 unspecified atom stereocenters. The van der Waals surface area contributed by atoms with E-state index in [1.807, 2.05) is 51.3 Å². The van der Waals surface area contributed by atoms with E-state index >= 15 is 0 Å². The second kappa shape index (κ2) is 11.1. The number of hydrogen-bond acceptors (Lipinski definition) is 4. The number of nitrogens with one attached hydrogen (secondary N) is 2. The molecule has 1 spiro atoms. The largest absolute Gasteiger partial charge is 0.339 e. The lowest BCUT2D eigenvalue weighted by Crippen LogP contribution is -2.57. The number of carbonyl (C=O) groups is 2. The van der Waals surface area contributed by atoms with Crippen LogP contribution in [-0.4, -0.2) is 72.0 Å². The molecule has 3 aliphatic rings. The number of piperazine rings is 2. The van der Waals surface area contributed by atoms with Crippen molar-refractivity contribution in [3.8, 4) is 0 Å². The van der Waals surface area contributed by atoms with E-state index in [0.717, 1.165) is 32.7 Å². The van der Waals surface area contributed by atoms with Gasteiger partial charge in [0.2, 0.25) is 11.8 Å². The summed E-state index contributed by atoms with van der Waals surface area (Å²) in [4.78, 5) is 27.5. The molecular formula is C22H44N4O2. The number of amides is 2. The van der Waals surface area contributed by atoms with Crippen LogP contribution in [0.1, 0.15) is 68.2 Å². The molecule has 6 heteroatoms. The molecule has 164 valence electrons. The van der Waals surface area contributed by atoms with Crippen molar-refractivity contribution in [1.82, 2.24) is 20.4 Å². The minimum Gasteiger partial charge on any atom is -0.339 e. The number of rotatable bonds is 2. The number of hydrogen-bond donors (Lipinski definition) is 2. The highest BCUT2D eigenvalue weighted by Gasteiger charge is 2.46. The average molecular weight is 397 g/mol. The van der Waals surface area contributed by atoms with Crippen LogP contribution in [0.3, 0.4) is 0 Å². The fraction of sp³-hybridized carbons (Fsp3) is 0.909. The summed E-state index contributed by atoms with van der Waals surface area (Å²) in [6.45, 7) is 20.6. The van der Waals surface area contributed by atoms with Crippen molar-refractivity contribution < 1.29 is 9.59 Å². The predicted molar refractivity (Wildman–Crippen MR) is 116 cm³/mol. The predicted octanol–water partition coefficient (Wildman–Crippen LogP) is 2.48. The normalized spacial score (nSPS) is 25.6. The minimum absolute atomic E-state index is 0.118. The molecule has 3 rings (SSSR count). The van der Waals surface area contributed by atoms with E-state index in [-0.39, 0.29) is 17.7 Å². The highest BCUT2D eigenvalue weighted by atomic mass is 16.2. The third-order valence-electron chi connectivity index (χ3n) is 5.58. The topological polar surface area (TPSA) is 64.7 Å². The van der Waals surface area contributed by atoms with Gasteiger partial charge >= 0.3 is 0 Å². The first-order valence-corrected chi connectivity index (χ1v) is 11.2. The Balaban J connectivity index is 0.000000257. The molecule has 0 radical (unpaired) electrons. The molecule has 0 aromatic heterocycles. The second-order valence-electron chi connectivity index (χ2n) is 8.93. The quantitative estimate of drug-likeness (QED) is 0.753. The van der Waals surface area contributed by atoms with Crippen LogP contribution in [-0.2, 0) is 9.59 Å².